The van der Waals surface area contributed by atoms with E-state index >= 15 is 0 Å². The summed E-state index contributed by atoms with van der Waals surface area (Å²) in [6.07, 6.45) is 0.286. The summed E-state index contributed by atoms with van der Waals surface area (Å²) in [5, 5.41) is 0. The zero-order valence-electron chi connectivity index (χ0n) is 15.1. The van der Waals surface area contributed by atoms with E-state index in [4.69, 9.17) is 9.47 Å². The second-order valence-electron chi connectivity index (χ2n) is 6.25. The summed E-state index contributed by atoms with van der Waals surface area (Å²) in [6, 6.07) is 8.03. The van der Waals surface area contributed by atoms with Gasteiger partial charge in [-0.25, -0.2) is 0 Å². The molecule has 0 N–H and O–H groups in total. The van der Waals surface area contributed by atoms with E-state index in [1.807, 2.05) is 52.2 Å². The Morgan fingerprint density at radius 3 is 2.68 bits per heavy atom. The van der Waals surface area contributed by atoms with E-state index in [0.29, 0.717) is 6.61 Å². The highest BCUT2D eigenvalue weighted by molar-refractivity contribution is 6.64. The number of aryl methyl sites for hydroxylation is 2. The van der Waals surface area contributed by atoms with Crippen LogP contribution in [0.3, 0.4) is 0 Å². The molecule has 0 fully saturated rings. The van der Waals surface area contributed by atoms with Crippen LogP contribution < -0.4 is 10.2 Å². The van der Waals surface area contributed by atoms with Crippen LogP contribution in [0.5, 0.6) is 5.75 Å². The van der Waals surface area contributed by atoms with Gasteiger partial charge in [-0.2, -0.15) is 0 Å². The number of aromatic nitrogens is 1. The molecule has 1 aromatic heterocycles. The predicted molar refractivity (Wildman–Crippen MR) is 99.2 cm³/mol. The molecule has 0 saturated carbocycles. The summed E-state index contributed by atoms with van der Waals surface area (Å²) in [6.45, 7) is 6.51. The molecule has 1 aromatic carbocycles. The average Bonchev–Trinajstić information content (AvgIpc) is 2.99. The lowest BCUT2D eigenvalue weighted by Gasteiger charge is -2.15. The summed E-state index contributed by atoms with van der Waals surface area (Å²) in [4.78, 5) is 16.0. The van der Waals surface area contributed by atoms with Crippen molar-refractivity contribution in [2.75, 3.05) is 7.11 Å². The first-order chi connectivity index (χ1) is 12.0. The molecule has 25 heavy (non-hydrogen) atoms. The summed E-state index contributed by atoms with van der Waals surface area (Å²) in [7, 11) is 3.45. The molecule has 0 bridgehead atoms. The number of ether oxygens (including phenoxy) is 2. The second-order valence-corrected chi connectivity index (χ2v) is 6.25. The smallest absolute Gasteiger partial charge is 0.309 e. The first kappa shape index (κ1) is 17.3. The third kappa shape index (κ3) is 3.60. The second kappa shape index (κ2) is 7.13. The molecule has 0 unspecified atom stereocenters. The van der Waals surface area contributed by atoms with Crippen molar-refractivity contribution in [2.45, 2.75) is 33.8 Å². The van der Waals surface area contributed by atoms with Gasteiger partial charge in [-0.05, 0) is 49.6 Å². The Balaban J connectivity index is 1.76. The molecular formula is C20H21BNO3. The Hall–Kier alpha value is -2.56. The van der Waals surface area contributed by atoms with Crippen molar-refractivity contribution in [1.82, 2.24) is 4.98 Å². The van der Waals surface area contributed by atoms with Gasteiger partial charge in [-0.15, -0.1) is 5.98 Å². The van der Waals surface area contributed by atoms with Crippen molar-refractivity contribution in [2.24, 2.45) is 0 Å². The van der Waals surface area contributed by atoms with Crippen molar-refractivity contribution in [3.8, 4) is 5.75 Å². The molecule has 4 nitrogen and oxygen atoms in total. The number of carbonyl (C=O) groups is 1. The van der Waals surface area contributed by atoms with Crippen molar-refractivity contribution in [3.05, 3.63) is 58.3 Å². The lowest BCUT2D eigenvalue weighted by atomic mass is 9.71. The highest BCUT2D eigenvalue weighted by atomic mass is 16.5. The highest BCUT2D eigenvalue weighted by Gasteiger charge is 2.21. The predicted octanol–water partition coefficient (Wildman–Crippen LogP) is 2.83. The van der Waals surface area contributed by atoms with Gasteiger partial charge in [-0.3, -0.25) is 9.78 Å². The van der Waals surface area contributed by atoms with E-state index in [1.165, 1.54) is 7.11 Å². The quantitative estimate of drug-likeness (QED) is 0.623. The van der Waals surface area contributed by atoms with Crippen LogP contribution >= 0.6 is 0 Å². The van der Waals surface area contributed by atoms with Gasteiger partial charge in [0.2, 0.25) is 0 Å². The van der Waals surface area contributed by atoms with E-state index < -0.39 is 0 Å². The van der Waals surface area contributed by atoms with Crippen LogP contribution in [0.15, 0.2) is 30.2 Å². The molecule has 1 radical (unpaired) electrons. The van der Waals surface area contributed by atoms with Gasteiger partial charge in [0, 0.05) is 17.0 Å². The Morgan fingerprint density at radius 2 is 1.96 bits per heavy atom. The van der Waals surface area contributed by atoms with Crippen LogP contribution in [0.4, 0.5) is 0 Å². The van der Waals surface area contributed by atoms with Gasteiger partial charge in [0.15, 0.2) is 7.28 Å². The molecule has 1 aliphatic heterocycles. The van der Waals surface area contributed by atoms with Crippen molar-refractivity contribution in [3.63, 3.8) is 0 Å². The maximum absolute atomic E-state index is 11.5. The minimum Gasteiger partial charge on any atom is -0.489 e. The first-order valence-corrected chi connectivity index (χ1v) is 8.30. The summed E-state index contributed by atoms with van der Waals surface area (Å²) >= 11 is 0. The zero-order valence-corrected chi connectivity index (χ0v) is 15.1. The molecule has 2 heterocycles. The molecule has 2 aromatic rings. The van der Waals surface area contributed by atoms with Crippen LogP contribution in [-0.4, -0.2) is 25.3 Å². The molecule has 0 spiro atoms. The molecular weight excluding hydrogens is 313 g/mol. The fourth-order valence-electron chi connectivity index (χ4n) is 3.04. The van der Waals surface area contributed by atoms with Crippen molar-refractivity contribution >= 4 is 24.3 Å². The van der Waals surface area contributed by atoms with Crippen LogP contribution in [0.1, 0.15) is 34.5 Å². The average molecular weight is 334 g/mol. The number of hydrogen-bond acceptors (Lipinski definition) is 4. The van der Waals surface area contributed by atoms with E-state index in [0.717, 1.165) is 44.9 Å². The minimum atomic E-state index is -0.229. The summed E-state index contributed by atoms with van der Waals surface area (Å²) in [5.41, 5.74) is 7.32. The van der Waals surface area contributed by atoms with Gasteiger partial charge < -0.3 is 9.47 Å². The normalized spacial score (nSPS) is 12.2. The lowest BCUT2D eigenvalue weighted by Crippen LogP contribution is -2.17. The number of pyridine rings is 1. The SMILES string of the molecule is COC(=O)CC1=C[B]c2c1ccc(OCc1ccc(C)nc1C)c2C. The molecule has 1 aliphatic rings. The van der Waals surface area contributed by atoms with Crippen LogP contribution in [-0.2, 0) is 16.1 Å². The Labute approximate surface area is 149 Å². The van der Waals surface area contributed by atoms with Crippen LogP contribution in [0.25, 0.3) is 5.57 Å². The molecule has 0 aliphatic carbocycles. The monoisotopic (exact) mass is 334 g/mol. The number of hydrogen-bond donors (Lipinski definition) is 0. The number of rotatable bonds is 5. The maximum Gasteiger partial charge on any atom is 0.309 e. The number of carbonyl (C=O) groups excluding carboxylic acids is 1. The fraction of sp³-hybridized carbons (Fsp3) is 0.300. The molecule has 5 heteroatoms. The largest absolute Gasteiger partial charge is 0.489 e. The summed E-state index contributed by atoms with van der Waals surface area (Å²) < 4.78 is 10.8. The van der Waals surface area contributed by atoms with Gasteiger partial charge in [-0.1, -0.05) is 17.6 Å². The zero-order chi connectivity index (χ0) is 18.0. The van der Waals surface area contributed by atoms with Crippen LogP contribution in [0.2, 0.25) is 0 Å². The number of methoxy groups -OCH3 is 1. The third-order valence-electron chi connectivity index (χ3n) is 4.54. The van der Waals surface area contributed by atoms with E-state index in [9.17, 15) is 4.79 Å². The Bertz CT molecular complexity index is 858. The fourth-order valence-corrected chi connectivity index (χ4v) is 3.04. The Morgan fingerprint density at radius 1 is 1.16 bits per heavy atom. The van der Waals surface area contributed by atoms with Crippen molar-refractivity contribution in [1.29, 1.82) is 0 Å². The Kier molecular flexibility index (Phi) is 4.93. The topological polar surface area (TPSA) is 48.4 Å². The molecule has 0 saturated heterocycles. The molecule has 0 amide bonds. The van der Waals surface area contributed by atoms with Crippen molar-refractivity contribution < 1.29 is 14.3 Å². The number of fused-ring (bicyclic) bond motifs is 1. The van der Waals surface area contributed by atoms with Crippen LogP contribution in [0, 0.1) is 20.8 Å². The maximum atomic E-state index is 11.5. The van der Waals surface area contributed by atoms with Gasteiger partial charge in [0.05, 0.1) is 13.5 Å². The third-order valence-corrected chi connectivity index (χ3v) is 4.54. The lowest BCUT2D eigenvalue weighted by molar-refractivity contribution is -0.139. The molecule has 0 atom stereocenters. The number of benzene rings is 1. The standard InChI is InChI=1S/C20H21BNO3/c1-12-5-6-15(14(3)22-12)11-25-18-8-7-17-16(9-19(23)24-4)10-21-20(17)13(18)2/h5-8,10H,9,11H2,1-4H3. The molecule has 3 rings (SSSR count). The van der Waals surface area contributed by atoms with E-state index in [2.05, 4.69) is 11.1 Å². The first-order valence-electron chi connectivity index (χ1n) is 8.30. The van der Waals surface area contributed by atoms with Gasteiger partial charge in [0.1, 0.15) is 12.4 Å². The van der Waals surface area contributed by atoms with Gasteiger partial charge in [0.25, 0.3) is 0 Å². The van der Waals surface area contributed by atoms with Gasteiger partial charge >= 0.3 is 5.97 Å². The minimum absolute atomic E-state index is 0.229. The highest BCUT2D eigenvalue weighted by Crippen LogP contribution is 2.27. The number of nitrogens with zero attached hydrogens (tertiary/aromatic N) is 1. The van der Waals surface area contributed by atoms with E-state index in [-0.39, 0.29) is 12.4 Å². The molecule has 127 valence electrons. The van der Waals surface area contributed by atoms with E-state index in [1.54, 1.807) is 0 Å². The number of esters is 1. The summed E-state index contributed by atoms with van der Waals surface area (Å²) in [5.74, 6) is 2.60.